The fourth-order valence-electron chi connectivity index (χ4n) is 2.35. The van der Waals surface area contributed by atoms with E-state index in [1.807, 2.05) is 0 Å². The van der Waals surface area contributed by atoms with Gasteiger partial charge in [-0.15, -0.1) is 0 Å². The monoisotopic (exact) mass is 265 g/mol. The van der Waals surface area contributed by atoms with Crippen molar-refractivity contribution in [3.05, 3.63) is 39.9 Å². The van der Waals surface area contributed by atoms with Gasteiger partial charge in [-0.25, -0.2) is 0 Å². The zero-order valence-electron chi connectivity index (χ0n) is 10.4. The first kappa shape index (κ1) is 13.5. The van der Waals surface area contributed by atoms with Gasteiger partial charge < -0.3 is 9.84 Å². The van der Waals surface area contributed by atoms with E-state index in [2.05, 4.69) is 0 Å². The fraction of sp³-hybridized carbons (Fsp3) is 0.462. The van der Waals surface area contributed by atoms with Crippen LogP contribution in [0.25, 0.3) is 0 Å². The Hall–Kier alpha value is -1.95. The van der Waals surface area contributed by atoms with Gasteiger partial charge in [-0.1, -0.05) is 18.2 Å². The van der Waals surface area contributed by atoms with E-state index in [0.717, 1.165) is 0 Å². The maximum atomic E-state index is 11.3. The molecule has 102 valence electrons. The van der Waals surface area contributed by atoms with Crippen LogP contribution in [0.2, 0.25) is 0 Å². The predicted molar refractivity (Wildman–Crippen MR) is 66.9 cm³/mol. The second kappa shape index (κ2) is 5.36. The summed E-state index contributed by atoms with van der Waals surface area (Å²) in [6.45, 7) is 0.617. The number of hydrogen-bond acceptors (Lipinski definition) is 4. The number of nitro groups is 1. The van der Waals surface area contributed by atoms with E-state index in [4.69, 9.17) is 4.74 Å². The number of para-hydroxylation sites is 1. The van der Waals surface area contributed by atoms with E-state index in [1.165, 1.54) is 6.07 Å². The van der Waals surface area contributed by atoms with E-state index in [1.54, 1.807) is 18.2 Å². The molecular formula is C13H15NO5. The lowest BCUT2D eigenvalue weighted by Crippen LogP contribution is -2.32. The molecule has 6 heteroatoms. The molecule has 0 saturated carbocycles. The molecule has 1 aromatic rings. The van der Waals surface area contributed by atoms with Crippen LogP contribution in [0, 0.1) is 15.5 Å². The first-order chi connectivity index (χ1) is 9.05. The summed E-state index contributed by atoms with van der Waals surface area (Å²) in [6.07, 6.45) is 1.18. The highest BCUT2D eigenvalue weighted by atomic mass is 16.6. The van der Waals surface area contributed by atoms with Crippen LogP contribution in [0.1, 0.15) is 18.4 Å². The van der Waals surface area contributed by atoms with Gasteiger partial charge in [0, 0.05) is 18.2 Å². The predicted octanol–water partition coefficient (Wildman–Crippen LogP) is 2.02. The second-order valence-corrected chi connectivity index (χ2v) is 4.77. The highest BCUT2D eigenvalue weighted by molar-refractivity contribution is 5.75. The molecule has 1 aliphatic heterocycles. The highest BCUT2D eigenvalue weighted by Gasteiger charge is 2.42. The Morgan fingerprint density at radius 1 is 1.47 bits per heavy atom. The molecule has 1 unspecified atom stereocenters. The smallest absolute Gasteiger partial charge is 0.312 e. The van der Waals surface area contributed by atoms with Crippen LogP contribution in [-0.4, -0.2) is 29.2 Å². The van der Waals surface area contributed by atoms with Crippen molar-refractivity contribution in [1.29, 1.82) is 0 Å². The third kappa shape index (κ3) is 2.73. The van der Waals surface area contributed by atoms with Crippen molar-refractivity contribution in [2.75, 3.05) is 13.2 Å². The van der Waals surface area contributed by atoms with Crippen molar-refractivity contribution >= 4 is 11.7 Å². The van der Waals surface area contributed by atoms with E-state index in [-0.39, 0.29) is 12.3 Å². The summed E-state index contributed by atoms with van der Waals surface area (Å²) < 4.78 is 5.17. The number of hydrogen-bond donors (Lipinski definition) is 1. The summed E-state index contributed by atoms with van der Waals surface area (Å²) in [5.41, 5.74) is -0.286. The number of nitro benzene ring substituents is 1. The molecule has 1 N–H and O–H groups in total. The van der Waals surface area contributed by atoms with Crippen molar-refractivity contribution in [3.8, 4) is 0 Å². The van der Waals surface area contributed by atoms with Gasteiger partial charge in [0.25, 0.3) is 5.69 Å². The van der Waals surface area contributed by atoms with Gasteiger partial charge in [0.15, 0.2) is 0 Å². The summed E-state index contributed by atoms with van der Waals surface area (Å²) in [5.74, 6) is -0.886. The molecule has 1 atom stereocenters. The normalized spacial score (nSPS) is 22.3. The molecule has 0 spiro atoms. The summed E-state index contributed by atoms with van der Waals surface area (Å²) in [5, 5.41) is 20.2. The standard InChI is InChI=1S/C13H15NO5/c15-12(16)13(7-8-19-9-13)6-5-10-3-1-2-4-11(10)14(17)18/h1-4H,5-9H2,(H,15,16). The molecule has 0 bridgehead atoms. The maximum Gasteiger partial charge on any atom is 0.312 e. The highest BCUT2D eigenvalue weighted by Crippen LogP contribution is 2.35. The van der Waals surface area contributed by atoms with Crippen LogP contribution >= 0.6 is 0 Å². The molecule has 1 aromatic carbocycles. The van der Waals surface area contributed by atoms with Gasteiger partial charge in [-0.3, -0.25) is 14.9 Å². The topological polar surface area (TPSA) is 89.7 Å². The van der Waals surface area contributed by atoms with E-state index in [0.29, 0.717) is 31.4 Å². The van der Waals surface area contributed by atoms with Gasteiger partial charge in [0.1, 0.15) is 0 Å². The molecule has 0 radical (unpaired) electrons. The zero-order chi connectivity index (χ0) is 13.9. The molecule has 1 aliphatic rings. The molecule has 2 rings (SSSR count). The minimum Gasteiger partial charge on any atom is -0.481 e. The third-order valence-corrected chi connectivity index (χ3v) is 3.62. The number of carbonyl (C=O) groups is 1. The number of carboxylic acid groups (broad SMARTS) is 1. The third-order valence-electron chi connectivity index (χ3n) is 3.62. The first-order valence-corrected chi connectivity index (χ1v) is 6.09. The van der Waals surface area contributed by atoms with Crippen molar-refractivity contribution in [3.63, 3.8) is 0 Å². The summed E-state index contributed by atoms with van der Waals surface area (Å²) in [6, 6.07) is 6.44. The minimum absolute atomic E-state index is 0.0435. The molecule has 19 heavy (non-hydrogen) atoms. The Kier molecular flexibility index (Phi) is 3.80. The molecule has 0 aromatic heterocycles. The quantitative estimate of drug-likeness (QED) is 0.649. The average Bonchev–Trinajstić information content (AvgIpc) is 2.86. The summed E-state index contributed by atoms with van der Waals surface area (Å²) >= 11 is 0. The number of ether oxygens (including phenoxy) is 1. The average molecular weight is 265 g/mol. The van der Waals surface area contributed by atoms with Crippen LogP contribution in [0.3, 0.4) is 0 Å². The zero-order valence-corrected chi connectivity index (χ0v) is 10.4. The fourth-order valence-corrected chi connectivity index (χ4v) is 2.35. The SMILES string of the molecule is O=C(O)C1(CCc2ccccc2[N+](=O)[O-])CCOC1. The number of carboxylic acids is 1. The van der Waals surface area contributed by atoms with Crippen molar-refractivity contribution in [1.82, 2.24) is 0 Å². The van der Waals surface area contributed by atoms with Gasteiger partial charge >= 0.3 is 5.97 Å². The molecule has 0 amide bonds. The maximum absolute atomic E-state index is 11.3. The van der Waals surface area contributed by atoms with Crippen LogP contribution in [0.4, 0.5) is 5.69 Å². The Balaban J connectivity index is 2.14. The lowest BCUT2D eigenvalue weighted by atomic mass is 9.81. The van der Waals surface area contributed by atoms with E-state index < -0.39 is 16.3 Å². The van der Waals surface area contributed by atoms with Crippen molar-refractivity contribution < 1.29 is 19.6 Å². The summed E-state index contributed by atoms with van der Waals surface area (Å²) in [7, 11) is 0. The van der Waals surface area contributed by atoms with Gasteiger partial charge in [0.05, 0.1) is 16.9 Å². The van der Waals surface area contributed by atoms with Crippen LogP contribution in [0.5, 0.6) is 0 Å². The molecule has 1 saturated heterocycles. The molecule has 1 heterocycles. The van der Waals surface area contributed by atoms with E-state index >= 15 is 0 Å². The lowest BCUT2D eigenvalue weighted by molar-refractivity contribution is -0.385. The number of aliphatic carboxylic acids is 1. The molecule has 1 fully saturated rings. The molecular weight excluding hydrogens is 250 g/mol. The Morgan fingerprint density at radius 2 is 2.21 bits per heavy atom. The first-order valence-electron chi connectivity index (χ1n) is 6.09. The Morgan fingerprint density at radius 3 is 2.79 bits per heavy atom. The van der Waals surface area contributed by atoms with E-state index in [9.17, 15) is 20.0 Å². The number of benzene rings is 1. The molecule has 0 aliphatic carbocycles. The minimum atomic E-state index is -0.899. The van der Waals surface area contributed by atoms with Crippen molar-refractivity contribution in [2.45, 2.75) is 19.3 Å². The van der Waals surface area contributed by atoms with Crippen LogP contribution in [-0.2, 0) is 16.0 Å². The Labute approximate surface area is 110 Å². The lowest BCUT2D eigenvalue weighted by Gasteiger charge is -2.21. The number of aryl methyl sites for hydroxylation is 1. The van der Waals surface area contributed by atoms with Gasteiger partial charge in [-0.2, -0.15) is 0 Å². The molecule has 6 nitrogen and oxygen atoms in total. The number of rotatable bonds is 5. The second-order valence-electron chi connectivity index (χ2n) is 4.77. The largest absolute Gasteiger partial charge is 0.481 e. The van der Waals surface area contributed by atoms with Gasteiger partial charge in [-0.05, 0) is 19.3 Å². The van der Waals surface area contributed by atoms with Crippen LogP contribution < -0.4 is 0 Å². The van der Waals surface area contributed by atoms with Crippen LogP contribution in [0.15, 0.2) is 24.3 Å². The number of nitrogens with zero attached hydrogens (tertiary/aromatic N) is 1. The Bertz CT molecular complexity index is 494. The summed E-state index contributed by atoms with van der Waals surface area (Å²) in [4.78, 5) is 21.8. The van der Waals surface area contributed by atoms with Gasteiger partial charge in [0.2, 0.25) is 0 Å². The van der Waals surface area contributed by atoms with Crippen molar-refractivity contribution in [2.24, 2.45) is 5.41 Å².